The Balaban J connectivity index is 2.76. The maximum absolute atomic E-state index is 5.54. The second-order valence-electron chi connectivity index (χ2n) is 2.39. The third-order valence-electron chi connectivity index (χ3n) is 1.77. The summed E-state index contributed by atoms with van der Waals surface area (Å²) >= 11 is 1.66. The standard InChI is InChI=1S/C7H9N3S/c1-5-6(4-8)11-7-9-2-3-10(5)7/h2-3H,4,8H2,1H3. The molecule has 11 heavy (non-hydrogen) atoms. The van der Waals surface area contributed by atoms with Crippen molar-refractivity contribution in [3.05, 3.63) is 23.0 Å². The molecular weight excluding hydrogens is 158 g/mol. The molecule has 2 aromatic heterocycles. The number of nitrogens with two attached hydrogens (primary N) is 1. The van der Waals surface area contributed by atoms with Gasteiger partial charge in [-0.15, -0.1) is 0 Å². The average molecular weight is 167 g/mol. The number of aryl methyl sites for hydroxylation is 1. The molecule has 2 N–H and O–H groups in total. The lowest BCUT2D eigenvalue weighted by atomic mass is 10.4. The Labute approximate surface area is 68.5 Å². The highest BCUT2D eigenvalue weighted by Crippen LogP contribution is 2.20. The SMILES string of the molecule is Cc1c(CN)sc2nccn12. The van der Waals surface area contributed by atoms with Crippen LogP contribution in [-0.4, -0.2) is 9.38 Å². The second kappa shape index (κ2) is 2.32. The van der Waals surface area contributed by atoms with Crippen LogP contribution in [0.25, 0.3) is 4.96 Å². The summed E-state index contributed by atoms with van der Waals surface area (Å²) in [4.78, 5) is 6.42. The van der Waals surface area contributed by atoms with Crippen molar-refractivity contribution in [2.45, 2.75) is 13.5 Å². The molecule has 0 radical (unpaired) electrons. The highest BCUT2D eigenvalue weighted by Gasteiger charge is 2.05. The summed E-state index contributed by atoms with van der Waals surface area (Å²) < 4.78 is 2.06. The topological polar surface area (TPSA) is 43.3 Å². The van der Waals surface area contributed by atoms with Gasteiger partial charge in [0.1, 0.15) is 0 Å². The van der Waals surface area contributed by atoms with Gasteiger partial charge in [0, 0.05) is 29.5 Å². The van der Waals surface area contributed by atoms with Crippen LogP contribution in [0.4, 0.5) is 0 Å². The van der Waals surface area contributed by atoms with Crippen molar-refractivity contribution in [2.24, 2.45) is 5.73 Å². The fourth-order valence-electron chi connectivity index (χ4n) is 1.13. The van der Waals surface area contributed by atoms with E-state index in [1.54, 1.807) is 17.5 Å². The van der Waals surface area contributed by atoms with E-state index >= 15 is 0 Å². The maximum Gasteiger partial charge on any atom is 0.194 e. The van der Waals surface area contributed by atoms with E-state index in [0.29, 0.717) is 6.54 Å². The monoisotopic (exact) mass is 167 g/mol. The largest absolute Gasteiger partial charge is 0.326 e. The van der Waals surface area contributed by atoms with Gasteiger partial charge in [0.05, 0.1) is 0 Å². The van der Waals surface area contributed by atoms with Crippen molar-refractivity contribution < 1.29 is 0 Å². The van der Waals surface area contributed by atoms with Gasteiger partial charge >= 0.3 is 0 Å². The van der Waals surface area contributed by atoms with Crippen LogP contribution in [0.5, 0.6) is 0 Å². The second-order valence-corrected chi connectivity index (χ2v) is 3.46. The zero-order chi connectivity index (χ0) is 7.84. The molecule has 0 spiro atoms. The number of rotatable bonds is 1. The van der Waals surface area contributed by atoms with Crippen molar-refractivity contribution in [1.29, 1.82) is 0 Å². The van der Waals surface area contributed by atoms with E-state index in [4.69, 9.17) is 5.73 Å². The normalized spacial score (nSPS) is 11.1. The average Bonchev–Trinajstić information content (AvgIpc) is 2.53. The van der Waals surface area contributed by atoms with E-state index in [9.17, 15) is 0 Å². The number of hydrogen-bond acceptors (Lipinski definition) is 3. The fourth-order valence-corrected chi connectivity index (χ4v) is 2.09. The van der Waals surface area contributed by atoms with Gasteiger partial charge in [0.2, 0.25) is 0 Å². The Morgan fingerprint density at radius 2 is 2.55 bits per heavy atom. The van der Waals surface area contributed by atoms with Gasteiger partial charge in [-0.2, -0.15) is 0 Å². The molecule has 3 nitrogen and oxygen atoms in total. The summed E-state index contributed by atoms with van der Waals surface area (Å²) in [6.45, 7) is 2.67. The van der Waals surface area contributed by atoms with Crippen LogP contribution >= 0.6 is 11.3 Å². The molecule has 0 saturated heterocycles. The number of aromatic nitrogens is 2. The van der Waals surface area contributed by atoms with Crippen molar-refractivity contribution in [1.82, 2.24) is 9.38 Å². The van der Waals surface area contributed by atoms with Crippen molar-refractivity contribution >= 4 is 16.3 Å². The Hall–Kier alpha value is -0.870. The molecule has 0 atom stereocenters. The van der Waals surface area contributed by atoms with Crippen LogP contribution in [0.15, 0.2) is 12.4 Å². The molecule has 0 amide bonds. The molecule has 0 unspecified atom stereocenters. The van der Waals surface area contributed by atoms with E-state index in [1.807, 2.05) is 6.20 Å². The first-order valence-electron chi connectivity index (χ1n) is 3.44. The zero-order valence-corrected chi connectivity index (χ0v) is 7.06. The van der Waals surface area contributed by atoms with Crippen LogP contribution in [-0.2, 0) is 6.54 Å². The first-order valence-corrected chi connectivity index (χ1v) is 4.26. The van der Waals surface area contributed by atoms with Gasteiger partial charge in [-0.05, 0) is 6.92 Å². The molecule has 0 aliphatic carbocycles. The molecule has 2 aromatic rings. The minimum atomic E-state index is 0.611. The predicted octanol–water partition coefficient (Wildman–Crippen LogP) is 1.16. The van der Waals surface area contributed by atoms with Gasteiger partial charge < -0.3 is 5.73 Å². The van der Waals surface area contributed by atoms with Gasteiger partial charge in [0.25, 0.3) is 0 Å². The first kappa shape index (κ1) is 6.82. The molecule has 4 heteroatoms. The lowest BCUT2D eigenvalue weighted by molar-refractivity contribution is 1.03. The third kappa shape index (κ3) is 0.868. The van der Waals surface area contributed by atoms with Gasteiger partial charge in [-0.3, -0.25) is 4.40 Å². The summed E-state index contributed by atoms with van der Waals surface area (Å²) in [5, 5.41) is 0. The molecule has 0 bridgehead atoms. The molecule has 2 rings (SSSR count). The molecule has 0 aliphatic rings. The fraction of sp³-hybridized carbons (Fsp3) is 0.286. The quantitative estimate of drug-likeness (QED) is 0.692. The lowest BCUT2D eigenvalue weighted by Crippen LogP contribution is -1.95. The van der Waals surface area contributed by atoms with Crippen molar-refractivity contribution in [3.63, 3.8) is 0 Å². The molecule has 2 heterocycles. The number of fused-ring (bicyclic) bond motifs is 1. The molecule has 0 fully saturated rings. The van der Waals surface area contributed by atoms with Gasteiger partial charge in [-0.25, -0.2) is 4.98 Å². The van der Waals surface area contributed by atoms with E-state index in [2.05, 4.69) is 16.3 Å². The van der Waals surface area contributed by atoms with Gasteiger partial charge in [-0.1, -0.05) is 11.3 Å². The van der Waals surface area contributed by atoms with E-state index in [-0.39, 0.29) is 0 Å². The van der Waals surface area contributed by atoms with Crippen LogP contribution in [0, 0.1) is 6.92 Å². The minimum Gasteiger partial charge on any atom is -0.326 e. The smallest absolute Gasteiger partial charge is 0.194 e. The minimum absolute atomic E-state index is 0.611. The first-order chi connectivity index (χ1) is 5.33. The molecule has 0 saturated carbocycles. The Bertz CT molecular complexity index is 374. The Morgan fingerprint density at radius 3 is 3.18 bits per heavy atom. The predicted molar refractivity (Wildman–Crippen MR) is 45.7 cm³/mol. The summed E-state index contributed by atoms with van der Waals surface area (Å²) in [5.41, 5.74) is 6.76. The maximum atomic E-state index is 5.54. The third-order valence-corrected chi connectivity index (χ3v) is 2.96. The molecule has 58 valence electrons. The van der Waals surface area contributed by atoms with E-state index in [1.165, 1.54) is 10.6 Å². The summed E-state index contributed by atoms with van der Waals surface area (Å²) in [7, 11) is 0. The summed E-state index contributed by atoms with van der Waals surface area (Å²) in [5.74, 6) is 0. The number of hydrogen-bond donors (Lipinski definition) is 1. The van der Waals surface area contributed by atoms with Crippen LogP contribution < -0.4 is 5.73 Å². The summed E-state index contributed by atoms with van der Waals surface area (Å²) in [6.07, 6.45) is 3.76. The van der Waals surface area contributed by atoms with Crippen LogP contribution in [0.2, 0.25) is 0 Å². The lowest BCUT2D eigenvalue weighted by Gasteiger charge is -1.91. The Kier molecular flexibility index (Phi) is 1.44. The molecule has 0 aromatic carbocycles. The van der Waals surface area contributed by atoms with Gasteiger partial charge in [0.15, 0.2) is 4.96 Å². The van der Waals surface area contributed by atoms with Crippen molar-refractivity contribution in [2.75, 3.05) is 0 Å². The summed E-state index contributed by atoms with van der Waals surface area (Å²) in [6, 6.07) is 0. The van der Waals surface area contributed by atoms with Crippen LogP contribution in [0.1, 0.15) is 10.6 Å². The van der Waals surface area contributed by atoms with E-state index in [0.717, 1.165) is 4.96 Å². The highest BCUT2D eigenvalue weighted by molar-refractivity contribution is 7.17. The highest BCUT2D eigenvalue weighted by atomic mass is 32.1. The molecular formula is C7H9N3S. The number of imidazole rings is 1. The van der Waals surface area contributed by atoms with E-state index < -0.39 is 0 Å². The number of thiazole rings is 1. The van der Waals surface area contributed by atoms with Crippen molar-refractivity contribution in [3.8, 4) is 0 Å². The zero-order valence-electron chi connectivity index (χ0n) is 6.24. The molecule has 0 aliphatic heterocycles. The Morgan fingerprint density at radius 1 is 1.73 bits per heavy atom. The number of nitrogens with zero attached hydrogens (tertiary/aromatic N) is 2. The van der Waals surface area contributed by atoms with Crippen LogP contribution in [0.3, 0.4) is 0 Å².